The Labute approximate surface area is 206 Å². The molecule has 0 aromatic heterocycles. The molecule has 0 aliphatic heterocycles. The second-order valence-corrected chi connectivity index (χ2v) is 7.35. The molecular formula is C22H30ClIN4O3. The molecule has 1 atom stereocenters. The number of hydrogen-bond acceptors (Lipinski definition) is 4. The summed E-state index contributed by atoms with van der Waals surface area (Å²) >= 11 is 5.91. The molecular weight excluding hydrogens is 531 g/mol. The lowest BCUT2D eigenvalue weighted by molar-refractivity contribution is -0.127. The van der Waals surface area contributed by atoms with E-state index >= 15 is 0 Å². The fourth-order valence-electron chi connectivity index (χ4n) is 2.42. The molecule has 0 fully saturated rings. The van der Waals surface area contributed by atoms with Gasteiger partial charge in [-0.3, -0.25) is 4.79 Å². The molecule has 31 heavy (non-hydrogen) atoms. The van der Waals surface area contributed by atoms with Crippen LogP contribution in [-0.2, 0) is 11.3 Å². The van der Waals surface area contributed by atoms with Crippen molar-refractivity contribution in [2.45, 2.75) is 19.6 Å². The maximum absolute atomic E-state index is 11.9. The highest BCUT2D eigenvalue weighted by atomic mass is 127. The summed E-state index contributed by atoms with van der Waals surface area (Å²) in [5.41, 5.74) is 1.03. The molecule has 0 saturated carbocycles. The van der Waals surface area contributed by atoms with Crippen LogP contribution in [0.1, 0.15) is 12.5 Å². The first-order valence-corrected chi connectivity index (χ1v) is 10.0. The first kappa shape index (κ1) is 26.8. The molecule has 1 unspecified atom stereocenters. The third kappa shape index (κ3) is 10.1. The fraction of sp³-hybridized carbons (Fsp3) is 0.364. The van der Waals surface area contributed by atoms with Crippen LogP contribution in [0.4, 0.5) is 0 Å². The largest absolute Gasteiger partial charge is 0.497 e. The van der Waals surface area contributed by atoms with Gasteiger partial charge >= 0.3 is 0 Å². The minimum absolute atomic E-state index is 0. The van der Waals surface area contributed by atoms with Gasteiger partial charge in [0.15, 0.2) is 5.96 Å². The Morgan fingerprint density at radius 3 is 2.26 bits per heavy atom. The number of carbonyl (C=O) groups is 1. The lowest BCUT2D eigenvalue weighted by Crippen LogP contribution is -2.45. The third-order valence-electron chi connectivity index (χ3n) is 4.19. The monoisotopic (exact) mass is 560 g/mol. The van der Waals surface area contributed by atoms with Crippen molar-refractivity contribution in [1.82, 2.24) is 15.5 Å². The minimum Gasteiger partial charge on any atom is -0.497 e. The number of carbonyl (C=O) groups excluding carboxylic acids is 1. The van der Waals surface area contributed by atoms with Crippen LogP contribution in [-0.4, -0.2) is 57.2 Å². The van der Waals surface area contributed by atoms with Crippen molar-refractivity contribution < 1.29 is 14.3 Å². The quantitative estimate of drug-likeness (QED) is 0.279. The van der Waals surface area contributed by atoms with Crippen LogP contribution in [0.2, 0.25) is 5.02 Å². The highest BCUT2D eigenvalue weighted by Crippen LogP contribution is 2.16. The van der Waals surface area contributed by atoms with E-state index in [9.17, 15) is 4.79 Å². The van der Waals surface area contributed by atoms with Crippen molar-refractivity contribution in [3.05, 3.63) is 59.1 Å². The number of aliphatic imine (C=N–C) groups is 1. The zero-order chi connectivity index (χ0) is 21.9. The van der Waals surface area contributed by atoms with Crippen LogP contribution < -0.4 is 20.1 Å². The molecule has 0 spiro atoms. The van der Waals surface area contributed by atoms with Gasteiger partial charge in [0.05, 0.1) is 26.7 Å². The Kier molecular flexibility index (Phi) is 12.1. The maximum atomic E-state index is 11.9. The lowest BCUT2D eigenvalue weighted by Gasteiger charge is -2.19. The average Bonchev–Trinajstić information content (AvgIpc) is 2.74. The standard InChI is InChI=1S/C22H29ClN4O3.HI/c1-16(30-20-11-7-18(23)8-12-20)13-24-22(26-15-21(28)27(2)3)25-14-17-5-9-19(29-4)10-6-17;/h5-12,16H,13-15H2,1-4H3,(H2,24,25,26);1H. The molecule has 0 saturated heterocycles. The van der Waals surface area contributed by atoms with E-state index in [-0.39, 0.29) is 42.5 Å². The van der Waals surface area contributed by atoms with Crippen LogP contribution in [0, 0.1) is 0 Å². The third-order valence-corrected chi connectivity index (χ3v) is 4.44. The van der Waals surface area contributed by atoms with E-state index in [4.69, 9.17) is 21.1 Å². The van der Waals surface area contributed by atoms with Crippen molar-refractivity contribution in [1.29, 1.82) is 0 Å². The molecule has 0 heterocycles. The summed E-state index contributed by atoms with van der Waals surface area (Å²) in [4.78, 5) is 18.0. The number of rotatable bonds is 9. The summed E-state index contributed by atoms with van der Waals surface area (Å²) in [5.74, 6) is 2.03. The SMILES string of the molecule is COc1ccc(CN=C(NCC(=O)N(C)C)NCC(C)Oc2ccc(Cl)cc2)cc1.I. The molecule has 0 aliphatic carbocycles. The molecule has 0 bridgehead atoms. The molecule has 7 nitrogen and oxygen atoms in total. The number of hydrogen-bond donors (Lipinski definition) is 2. The Hall–Kier alpha value is -2.20. The van der Waals surface area contributed by atoms with E-state index in [2.05, 4.69) is 15.6 Å². The number of benzene rings is 2. The maximum Gasteiger partial charge on any atom is 0.241 e. The van der Waals surface area contributed by atoms with Crippen LogP contribution >= 0.6 is 35.6 Å². The van der Waals surface area contributed by atoms with Crippen LogP contribution in [0.3, 0.4) is 0 Å². The van der Waals surface area contributed by atoms with Gasteiger partial charge in [0.2, 0.25) is 5.91 Å². The van der Waals surface area contributed by atoms with E-state index in [1.54, 1.807) is 33.3 Å². The second kappa shape index (κ2) is 14.0. The van der Waals surface area contributed by atoms with Crippen molar-refractivity contribution >= 4 is 47.4 Å². The summed E-state index contributed by atoms with van der Waals surface area (Å²) in [7, 11) is 5.06. The predicted octanol–water partition coefficient (Wildman–Crippen LogP) is 3.56. The van der Waals surface area contributed by atoms with Crippen LogP contribution in [0.5, 0.6) is 11.5 Å². The normalized spacial score (nSPS) is 11.7. The minimum atomic E-state index is -0.122. The Balaban J connectivity index is 0.00000480. The van der Waals surface area contributed by atoms with E-state index in [1.807, 2.05) is 43.3 Å². The summed E-state index contributed by atoms with van der Waals surface area (Å²) in [6, 6.07) is 14.9. The summed E-state index contributed by atoms with van der Waals surface area (Å²) < 4.78 is 11.1. The van der Waals surface area contributed by atoms with Gasteiger partial charge in [-0.05, 0) is 48.9 Å². The second-order valence-electron chi connectivity index (χ2n) is 6.92. The molecule has 0 radical (unpaired) electrons. The molecule has 2 N–H and O–H groups in total. The summed E-state index contributed by atoms with van der Waals surface area (Å²) in [6.45, 7) is 3.07. The predicted molar refractivity (Wildman–Crippen MR) is 136 cm³/mol. The average molecular weight is 561 g/mol. The van der Waals surface area contributed by atoms with Crippen molar-refractivity contribution in [3.8, 4) is 11.5 Å². The number of guanidine groups is 1. The number of methoxy groups -OCH3 is 1. The lowest BCUT2D eigenvalue weighted by atomic mass is 10.2. The first-order chi connectivity index (χ1) is 14.4. The van der Waals surface area contributed by atoms with Gasteiger partial charge in [-0.2, -0.15) is 0 Å². The molecule has 2 rings (SSSR count). The number of nitrogens with zero attached hydrogens (tertiary/aromatic N) is 2. The van der Waals surface area contributed by atoms with E-state index in [0.717, 1.165) is 17.1 Å². The fourth-order valence-corrected chi connectivity index (χ4v) is 2.55. The molecule has 2 aromatic carbocycles. The Morgan fingerprint density at radius 1 is 1.06 bits per heavy atom. The highest BCUT2D eigenvalue weighted by Gasteiger charge is 2.09. The van der Waals surface area contributed by atoms with Crippen LogP contribution in [0.25, 0.3) is 0 Å². The van der Waals surface area contributed by atoms with Gasteiger partial charge in [-0.25, -0.2) is 4.99 Å². The molecule has 2 aromatic rings. The first-order valence-electron chi connectivity index (χ1n) is 9.65. The summed E-state index contributed by atoms with van der Waals surface area (Å²) in [5, 5.41) is 6.96. The van der Waals surface area contributed by atoms with E-state index in [0.29, 0.717) is 24.1 Å². The van der Waals surface area contributed by atoms with Crippen LogP contribution in [0.15, 0.2) is 53.5 Å². The molecule has 9 heteroatoms. The Bertz CT molecular complexity index is 830. The topological polar surface area (TPSA) is 75.2 Å². The van der Waals surface area contributed by atoms with Crippen molar-refractivity contribution in [2.24, 2.45) is 4.99 Å². The van der Waals surface area contributed by atoms with Gasteiger partial charge in [-0.1, -0.05) is 23.7 Å². The van der Waals surface area contributed by atoms with Crippen molar-refractivity contribution in [3.63, 3.8) is 0 Å². The van der Waals surface area contributed by atoms with Gasteiger partial charge in [0.1, 0.15) is 17.6 Å². The molecule has 170 valence electrons. The van der Waals surface area contributed by atoms with E-state index < -0.39 is 0 Å². The van der Waals surface area contributed by atoms with Gasteiger partial charge < -0.3 is 25.0 Å². The summed E-state index contributed by atoms with van der Waals surface area (Å²) in [6.07, 6.45) is -0.122. The zero-order valence-corrected chi connectivity index (χ0v) is 21.3. The number of ether oxygens (including phenoxy) is 2. The van der Waals surface area contributed by atoms with Gasteiger partial charge in [0, 0.05) is 19.1 Å². The van der Waals surface area contributed by atoms with Gasteiger partial charge in [-0.15, -0.1) is 24.0 Å². The Morgan fingerprint density at radius 2 is 1.68 bits per heavy atom. The number of likely N-dealkylation sites (N-methyl/N-ethyl adjacent to an activating group) is 1. The van der Waals surface area contributed by atoms with Crippen molar-refractivity contribution in [2.75, 3.05) is 34.3 Å². The number of nitrogens with one attached hydrogen (secondary N) is 2. The van der Waals surface area contributed by atoms with E-state index in [1.165, 1.54) is 4.90 Å². The number of amides is 1. The molecule has 0 aliphatic rings. The molecule has 1 amide bonds. The number of halogens is 2. The van der Waals surface area contributed by atoms with Gasteiger partial charge in [0.25, 0.3) is 0 Å². The zero-order valence-electron chi connectivity index (χ0n) is 18.2. The highest BCUT2D eigenvalue weighted by molar-refractivity contribution is 14.0. The smallest absolute Gasteiger partial charge is 0.241 e.